The summed E-state index contributed by atoms with van der Waals surface area (Å²) in [6, 6.07) is 95.6. The number of rotatable bonds is 5. The topological polar surface area (TPSA) is 8.17 Å². The van der Waals surface area contributed by atoms with Gasteiger partial charge >= 0.3 is 0 Å². The third-order valence-corrected chi connectivity index (χ3v) is 15.6. The van der Waals surface area contributed by atoms with Crippen LogP contribution in [0.1, 0.15) is 44.5 Å². The smallest absolute Gasteiger partial charge is 0.0754 e. The van der Waals surface area contributed by atoms with Gasteiger partial charge in [-0.05, 0) is 96.9 Å². The summed E-state index contributed by atoms with van der Waals surface area (Å²) >= 11 is 0. The van der Waals surface area contributed by atoms with Crippen molar-refractivity contribution in [3.63, 3.8) is 0 Å². The Morgan fingerprint density at radius 3 is 1.57 bits per heavy atom. The van der Waals surface area contributed by atoms with E-state index in [0.717, 1.165) is 17.1 Å². The van der Waals surface area contributed by atoms with Crippen LogP contribution < -0.4 is 4.90 Å². The van der Waals surface area contributed by atoms with Crippen molar-refractivity contribution in [3.8, 4) is 27.9 Å². The van der Waals surface area contributed by atoms with Gasteiger partial charge in [0.1, 0.15) is 0 Å². The number of nitrogens with zero attached hydrogens (tertiary/aromatic N) is 2. The van der Waals surface area contributed by atoms with Crippen molar-refractivity contribution in [2.24, 2.45) is 0 Å². The van der Waals surface area contributed by atoms with Crippen molar-refractivity contribution in [2.45, 2.75) is 10.8 Å². The molecule has 1 aromatic heterocycles. The predicted octanol–water partition coefficient (Wildman–Crippen LogP) is 16.4. The maximum absolute atomic E-state index is 2.58. The second-order valence-electron chi connectivity index (χ2n) is 18.7. The fourth-order valence-electron chi connectivity index (χ4n) is 13.2. The summed E-state index contributed by atoms with van der Waals surface area (Å²) in [5, 5.41) is 4.94. The maximum atomic E-state index is 2.58. The highest BCUT2D eigenvalue weighted by Crippen LogP contribution is 2.63. The third kappa shape index (κ3) is 4.66. The van der Waals surface area contributed by atoms with Gasteiger partial charge in [-0.25, -0.2) is 0 Å². The maximum Gasteiger partial charge on any atom is 0.0754 e. The standard InChI is InChI=1S/C66H42N2/c1-3-22-44(23-4-1)65(45-24-5-2-6-25-45)55-34-15-11-30-52(55)63-57(65)35-19-39-61(63)67(59-38-17-21-43-20-7-8-26-47(43)59)46-40-41-56-62(42-46)68-60-37-16-12-29-50(60)51-31-18-36-58(64(51)68)66(56)53-32-13-9-27-48(53)49-28-10-14-33-54(49)66/h1-42H. The minimum absolute atomic E-state index is 0.535. The lowest BCUT2D eigenvalue weighted by molar-refractivity contribution is 0.748. The van der Waals surface area contributed by atoms with E-state index in [0.29, 0.717) is 0 Å². The van der Waals surface area contributed by atoms with Gasteiger partial charge < -0.3 is 9.47 Å². The molecule has 0 unspecified atom stereocenters. The summed E-state index contributed by atoms with van der Waals surface area (Å²) in [5.74, 6) is 0. The SMILES string of the molecule is c1ccc(C2(c3ccccc3)c3ccccc3-c3c(N(c4ccc5c(c4)-n4c6ccccc6c6cccc(c64)C54c5ccccc5-c5ccccc54)c4cccc5ccccc45)cccc32)cc1. The Hall–Kier alpha value is -8.72. The molecule has 12 aromatic rings. The van der Waals surface area contributed by atoms with Gasteiger partial charge in [-0.3, -0.25) is 0 Å². The number of para-hydroxylation sites is 2. The number of aromatic nitrogens is 1. The second-order valence-corrected chi connectivity index (χ2v) is 18.7. The first-order chi connectivity index (χ1) is 33.8. The van der Waals surface area contributed by atoms with E-state index in [9.17, 15) is 0 Å². The average molecular weight is 863 g/mol. The van der Waals surface area contributed by atoms with Crippen LogP contribution in [0.25, 0.3) is 60.5 Å². The van der Waals surface area contributed by atoms with Crippen molar-refractivity contribution < 1.29 is 0 Å². The van der Waals surface area contributed by atoms with E-state index in [4.69, 9.17) is 0 Å². The summed E-state index contributed by atoms with van der Waals surface area (Å²) in [5.41, 5.74) is 21.4. The van der Waals surface area contributed by atoms with Gasteiger partial charge in [0.25, 0.3) is 0 Å². The molecule has 15 rings (SSSR count). The van der Waals surface area contributed by atoms with Crippen LogP contribution in [0.4, 0.5) is 17.1 Å². The lowest BCUT2D eigenvalue weighted by atomic mass is 9.65. The molecule has 2 nitrogen and oxygen atoms in total. The molecule has 3 aliphatic rings. The highest BCUT2D eigenvalue weighted by Gasteiger charge is 2.51. The lowest BCUT2D eigenvalue weighted by Gasteiger charge is -2.40. The van der Waals surface area contributed by atoms with Crippen LogP contribution >= 0.6 is 0 Å². The summed E-state index contributed by atoms with van der Waals surface area (Å²) < 4.78 is 2.58. The molecule has 2 heteroatoms. The van der Waals surface area contributed by atoms with E-state index in [2.05, 4.69) is 264 Å². The number of fused-ring (bicyclic) bond motifs is 16. The first kappa shape index (κ1) is 37.5. The molecule has 1 spiro atoms. The third-order valence-electron chi connectivity index (χ3n) is 15.6. The van der Waals surface area contributed by atoms with Crippen molar-refractivity contribution >= 4 is 49.6 Å². The Balaban J connectivity index is 1.08. The molecule has 0 saturated carbocycles. The Labute approximate surface area is 395 Å². The van der Waals surface area contributed by atoms with Gasteiger partial charge in [0, 0.05) is 27.4 Å². The molecular formula is C66H42N2. The van der Waals surface area contributed by atoms with Crippen LogP contribution in [0.5, 0.6) is 0 Å². The largest absolute Gasteiger partial charge is 0.309 e. The van der Waals surface area contributed by atoms with E-state index in [1.54, 1.807) is 0 Å². The highest BCUT2D eigenvalue weighted by atomic mass is 15.2. The molecule has 11 aromatic carbocycles. The first-order valence-corrected chi connectivity index (χ1v) is 23.8. The fraction of sp³-hybridized carbons (Fsp3) is 0.0303. The number of benzene rings is 11. The van der Waals surface area contributed by atoms with Crippen molar-refractivity contribution in [1.29, 1.82) is 0 Å². The van der Waals surface area contributed by atoms with E-state index in [-0.39, 0.29) is 0 Å². The first-order valence-electron chi connectivity index (χ1n) is 23.8. The van der Waals surface area contributed by atoms with Gasteiger partial charge in [-0.2, -0.15) is 0 Å². The highest BCUT2D eigenvalue weighted by molar-refractivity contribution is 6.13. The van der Waals surface area contributed by atoms with Gasteiger partial charge in [0.15, 0.2) is 0 Å². The molecule has 0 bridgehead atoms. The van der Waals surface area contributed by atoms with Crippen LogP contribution in [-0.4, -0.2) is 4.57 Å². The summed E-state index contributed by atoms with van der Waals surface area (Å²) in [6.45, 7) is 0. The van der Waals surface area contributed by atoms with Crippen molar-refractivity contribution in [1.82, 2.24) is 4.57 Å². The number of anilines is 3. The molecule has 68 heavy (non-hydrogen) atoms. The van der Waals surface area contributed by atoms with E-state index in [1.807, 2.05) is 0 Å². The number of hydrogen-bond donors (Lipinski definition) is 0. The monoisotopic (exact) mass is 862 g/mol. The van der Waals surface area contributed by atoms with E-state index < -0.39 is 10.8 Å². The Kier molecular flexibility index (Phi) is 7.67. The molecule has 1 aliphatic heterocycles. The molecule has 0 amide bonds. The summed E-state index contributed by atoms with van der Waals surface area (Å²) in [6.07, 6.45) is 0. The van der Waals surface area contributed by atoms with Gasteiger partial charge in [-0.15, -0.1) is 0 Å². The molecular weight excluding hydrogens is 821 g/mol. The number of hydrogen-bond acceptors (Lipinski definition) is 1. The molecule has 0 N–H and O–H groups in total. The molecule has 2 aliphatic carbocycles. The predicted molar refractivity (Wildman–Crippen MR) is 281 cm³/mol. The molecule has 316 valence electrons. The van der Waals surface area contributed by atoms with E-state index >= 15 is 0 Å². The molecule has 2 heterocycles. The quantitative estimate of drug-likeness (QED) is 0.167. The zero-order valence-electron chi connectivity index (χ0n) is 37.1. The molecule has 0 saturated heterocycles. The van der Waals surface area contributed by atoms with Crippen molar-refractivity contribution in [3.05, 3.63) is 299 Å². The molecule has 0 atom stereocenters. The summed E-state index contributed by atoms with van der Waals surface area (Å²) in [7, 11) is 0. The van der Waals surface area contributed by atoms with E-state index in [1.165, 1.54) is 105 Å². The molecule has 0 radical (unpaired) electrons. The average Bonchev–Trinajstić information content (AvgIpc) is 4.02. The lowest BCUT2D eigenvalue weighted by Crippen LogP contribution is -2.33. The van der Waals surface area contributed by atoms with Crippen LogP contribution in [-0.2, 0) is 10.8 Å². The molecule has 0 fully saturated rings. The van der Waals surface area contributed by atoms with Crippen LogP contribution in [0, 0.1) is 0 Å². The summed E-state index contributed by atoms with van der Waals surface area (Å²) in [4.78, 5) is 2.57. The Bertz CT molecular complexity index is 3960. The van der Waals surface area contributed by atoms with Crippen LogP contribution in [0.15, 0.2) is 255 Å². The minimum atomic E-state index is -0.542. The Morgan fingerprint density at radius 2 is 0.838 bits per heavy atom. The van der Waals surface area contributed by atoms with Crippen LogP contribution in [0.2, 0.25) is 0 Å². The van der Waals surface area contributed by atoms with Crippen molar-refractivity contribution in [2.75, 3.05) is 4.90 Å². The van der Waals surface area contributed by atoms with Gasteiger partial charge in [0.05, 0.1) is 38.9 Å². The Morgan fingerprint density at radius 1 is 0.324 bits per heavy atom. The van der Waals surface area contributed by atoms with Gasteiger partial charge in [0.2, 0.25) is 0 Å². The minimum Gasteiger partial charge on any atom is -0.309 e. The fourth-order valence-corrected chi connectivity index (χ4v) is 13.2. The normalized spacial score (nSPS) is 14.1. The van der Waals surface area contributed by atoms with Gasteiger partial charge in [-0.1, -0.05) is 224 Å². The zero-order chi connectivity index (χ0) is 44.6. The van der Waals surface area contributed by atoms with Crippen LogP contribution in [0.3, 0.4) is 0 Å². The second kappa shape index (κ2) is 13.9. The zero-order valence-corrected chi connectivity index (χ0v) is 37.1.